The standard InChI is InChI=1S/C12H28N2/c1-4-7-9-11(6-3)12(13,14)10-8-5-2/h11H,4-10,13-14H2,1-3H3. The second kappa shape index (κ2) is 7.24. The fraction of sp³-hybridized carbons (Fsp3) is 1.00. The van der Waals surface area contributed by atoms with Gasteiger partial charge in [-0.15, -0.1) is 0 Å². The van der Waals surface area contributed by atoms with Crippen molar-refractivity contribution in [3.8, 4) is 0 Å². The van der Waals surface area contributed by atoms with Crippen LogP contribution in [-0.4, -0.2) is 5.66 Å². The fourth-order valence-electron chi connectivity index (χ4n) is 1.99. The van der Waals surface area contributed by atoms with Gasteiger partial charge in [0.25, 0.3) is 0 Å². The van der Waals surface area contributed by atoms with Gasteiger partial charge in [-0.3, -0.25) is 0 Å². The van der Waals surface area contributed by atoms with E-state index in [0.29, 0.717) is 5.92 Å². The summed E-state index contributed by atoms with van der Waals surface area (Å²) in [7, 11) is 0. The van der Waals surface area contributed by atoms with E-state index in [9.17, 15) is 0 Å². The highest BCUT2D eigenvalue weighted by Gasteiger charge is 2.27. The molecule has 0 aromatic heterocycles. The van der Waals surface area contributed by atoms with Crippen molar-refractivity contribution in [3.63, 3.8) is 0 Å². The minimum absolute atomic E-state index is 0.431. The lowest BCUT2D eigenvalue weighted by atomic mass is 9.84. The van der Waals surface area contributed by atoms with Crippen molar-refractivity contribution in [2.75, 3.05) is 0 Å². The summed E-state index contributed by atoms with van der Waals surface area (Å²) in [6, 6.07) is 0. The van der Waals surface area contributed by atoms with Crippen LogP contribution in [0.1, 0.15) is 65.7 Å². The molecule has 0 bridgehead atoms. The molecular weight excluding hydrogens is 172 g/mol. The Morgan fingerprint density at radius 2 is 1.57 bits per heavy atom. The molecule has 4 N–H and O–H groups in total. The zero-order valence-corrected chi connectivity index (χ0v) is 10.2. The van der Waals surface area contributed by atoms with Crippen molar-refractivity contribution in [2.24, 2.45) is 17.4 Å². The quantitative estimate of drug-likeness (QED) is 0.592. The first-order chi connectivity index (χ1) is 6.58. The van der Waals surface area contributed by atoms with Crippen LogP contribution in [-0.2, 0) is 0 Å². The molecule has 0 radical (unpaired) electrons. The van der Waals surface area contributed by atoms with Gasteiger partial charge in [-0.25, -0.2) is 0 Å². The minimum Gasteiger partial charge on any atom is -0.313 e. The molecule has 86 valence electrons. The van der Waals surface area contributed by atoms with Crippen LogP contribution in [0.3, 0.4) is 0 Å². The number of unbranched alkanes of at least 4 members (excludes halogenated alkanes) is 2. The topological polar surface area (TPSA) is 52.0 Å². The van der Waals surface area contributed by atoms with E-state index in [1.165, 1.54) is 25.7 Å². The molecule has 14 heavy (non-hydrogen) atoms. The second-order valence-corrected chi connectivity index (χ2v) is 4.46. The van der Waals surface area contributed by atoms with Gasteiger partial charge >= 0.3 is 0 Å². The van der Waals surface area contributed by atoms with Crippen molar-refractivity contribution in [3.05, 3.63) is 0 Å². The molecule has 0 aromatic rings. The van der Waals surface area contributed by atoms with Gasteiger partial charge in [0.2, 0.25) is 0 Å². The van der Waals surface area contributed by atoms with Gasteiger partial charge in [-0.05, 0) is 18.8 Å². The first kappa shape index (κ1) is 13.9. The Morgan fingerprint density at radius 1 is 1.00 bits per heavy atom. The Balaban J connectivity index is 4.03. The van der Waals surface area contributed by atoms with Crippen molar-refractivity contribution < 1.29 is 0 Å². The smallest absolute Gasteiger partial charge is 0.0665 e. The van der Waals surface area contributed by atoms with Crippen LogP contribution >= 0.6 is 0 Å². The van der Waals surface area contributed by atoms with Crippen LogP contribution in [0, 0.1) is 5.92 Å². The van der Waals surface area contributed by atoms with Crippen LogP contribution in [0.4, 0.5) is 0 Å². The molecule has 0 aromatic carbocycles. The zero-order valence-electron chi connectivity index (χ0n) is 10.2. The van der Waals surface area contributed by atoms with Crippen LogP contribution in [0.5, 0.6) is 0 Å². The number of rotatable bonds is 8. The van der Waals surface area contributed by atoms with E-state index in [1.54, 1.807) is 0 Å². The fourth-order valence-corrected chi connectivity index (χ4v) is 1.99. The minimum atomic E-state index is -0.431. The highest BCUT2D eigenvalue weighted by Crippen LogP contribution is 2.24. The third kappa shape index (κ3) is 4.97. The van der Waals surface area contributed by atoms with E-state index in [1.807, 2.05) is 0 Å². The first-order valence-corrected chi connectivity index (χ1v) is 6.16. The monoisotopic (exact) mass is 200 g/mol. The lowest BCUT2D eigenvalue weighted by Crippen LogP contribution is -2.55. The van der Waals surface area contributed by atoms with Gasteiger partial charge in [0, 0.05) is 0 Å². The first-order valence-electron chi connectivity index (χ1n) is 6.16. The summed E-state index contributed by atoms with van der Waals surface area (Å²) in [6.45, 7) is 6.59. The maximum Gasteiger partial charge on any atom is 0.0665 e. The van der Waals surface area contributed by atoms with Crippen molar-refractivity contribution >= 4 is 0 Å². The van der Waals surface area contributed by atoms with E-state index in [-0.39, 0.29) is 0 Å². The van der Waals surface area contributed by atoms with E-state index in [2.05, 4.69) is 20.8 Å². The van der Waals surface area contributed by atoms with Gasteiger partial charge < -0.3 is 11.5 Å². The summed E-state index contributed by atoms with van der Waals surface area (Å²) in [5, 5.41) is 0. The van der Waals surface area contributed by atoms with Gasteiger partial charge in [-0.1, -0.05) is 52.9 Å². The van der Waals surface area contributed by atoms with Gasteiger partial charge in [-0.2, -0.15) is 0 Å². The number of hydrogen-bond donors (Lipinski definition) is 2. The molecule has 0 fully saturated rings. The van der Waals surface area contributed by atoms with E-state index >= 15 is 0 Å². The van der Waals surface area contributed by atoms with Crippen LogP contribution in [0.25, 0.3) is 0 Å². The van der Waals surface area contributed by atoms with E-state index < -0.39 is 5.66 Å². The molecule has 0 amide bonds. The van der Waals surface area contributed by atoms with Crippen LogP contribution < -0.4 is 11.5 Å². The third-order valence-electron chi connectivity index (χ3n) is 3.12. The number of hydrogen-bond acceptors (Lipinski definition) is 2. The van der Waals surface area contributed by atoms with E-state index in [4.69, 9.17) is 11.5 Å². The molecule has 0 rings (SSSR count). The Morgan fingerprint density at radius 3 is 2.00 bits per heavy atom. The van der Waals surface area contributed by atoms with Gasteiger partial charge in [0.05, 0.1) is 5.66 Å². The summed E-state index contributed by atoms with van der Waals surface area (Å²) < 4.78 is 0. The normalized spacial score (nSPS) is 14.4. The van der Waals surface area contributed by atoms with Crippen molar-refractivity contribution in [1.29, 1.82) is 0 Å². The Labute approximate surface area is 89.4 Å². The summed E-state index contributed by atoms with van der Waals surface area (Å²) in [5.74, 6) is 0.494. The Bertz CT molecular complexity index is 132. The maximum atomic E-state index is 6.18. The second-order valence-electron chi connectivity index (χ2n) is 4.46. The SMILES string of the molecule is CCCCC(CC)C(N)(N)CCCC. The molecule has 0 aliphatic carbocycles. The van der Waals surface area contributed by atoms with Crippen LogP contribution in [0.15, 0.2) is 0 Å². The highest BCUT2D eigenvalue weighted by molar-refractivity contribution is 4.84. The molecule has 1 unspecified atom stereocenters. The Kier molecular flexibility index (Phi) is 7.20. The molecule has 1 atom stereocenters. The molecule has 2 nitrogen and oxygen atoms in total. The molecule has 0 aliphatic heterocycles. The summed E-state index contributed by atoms with van der Waals surface area (Å²) in [6.07, 6.45) is 8.07. The molecule has 0 heterocycles. The van der Waals surface area contributed by atoms with Gasteiger partial charge in [0.1, 0.15) is 0 Å². The largest absolute Gasteiger partial charge is 0.313 e. The molecule has 0 saturated carbocycles. The molecular formula is C12H28N2. The Hall–Kier alpha value is -0.0800. The van der Waals surface area contributed by atoms with Gasteiger partial charge in [0.15, 0.2) is 0 Å². The third-order valence-corrected chi connectivity index (χ3v) is 3.12. The average Bonchev–Trinajstić information content (AvgIpc) is 2.16. The summed E-state index contributed by atoms with van der Waals surface area (Å²) >= 11 is 0. The maximum absolute atomic E-state index is 6.18. The predicted molar refractivity (Wildman–Crippen MR) is 63.9 cm³/mol. The summed E-state index contributed by atoms with van der Waals surface area (Å²) in [4.78, 5) is 0. The summed E-state index contributed by atoms with van der Waals surface area (Å²) in [5.41, 5.74) is 11.9. The molecule has 0 saturated heterocycles. The van der Waals surface area contributed by atoms with Crippen molar-refractivity contribution in [2.45, 2.75) is 71.4 Å². The zero-order chi connectivity index (χ0) is 11.0. The van der Waals surface area contributed by atoms with E-state index in [0.717, 1.165) is 19.3 Å². The van der Waals surface area contributed by atoms with Crippen molar-refractivity contribution in [1.82, 2.24) is 0 Å². The molecule has 0 spiro atoms. The van der Waals surface area contributed by atoms with Crippen LogP contribution in [0.2, 0.25) is 0 Å². The predicted octanol–water partition coefficient (Wildman–Crippen LogP) is 3.01. The number of nitrogens with two attached hydrogens (primary N) is 2. The lowest BCUT2D eigenvalue weighted by Gasteiger charge is -2.33. The average molecular weight is 200 g/mol. The molecule has 0 aliphatic rings. The molecule has 2 heteroatoms. The highest BCUT2D eigenvalue weighted by atomic mass is 15.0. The lowest BCUT2D eigenvalue weighted by molar-refractivity contribution is 0.228.